The smallest absolute Gasteiger partial charge is 0.187 e. The van der Waals surface area contributed by atoms with Gasteiger partial charge in [-0.25, -0.2) is 0 Å². The van der Waals surface area contributed by atoms with Crippen LogP contribution in [0.2, 0.25) is 0 Å². The first-order valence-electron chi connectivity index (χ1n) is 16.8. The third-order valence-electron chi connectivity index (χ3n) is 13.1. The Kier molecular flexibility index (Phi) is 9.38. The summed E-state index contributed by atoms with van der Waals surface area (Å²) in [5.41, 5.74) is 0.297. The molecule has 3 unspecified atom stereocenters. The number of fused-ring (bicyclic) bond motifs is 5. The zero-order valence-corrected chi connectivity index (χ0v) is 27.7. The van der Waals surface area contributed by atoms with Crippen LogP contribution in [-0.2, 0) is 9.47 Å². The van der Waals surface area contributed by atoms with Crippen LogP contribution in [0, 0.1) is 39.9 Å². The summed E-state index contributed by atoms with van der Waals surface area (Å²) in [7, 11) is 0. The van der Waals surface area contributed by atoms with Gasteiger partial charge in [0, 0.05) is 5.41 Å². The van der Waals surface area contributed by atoms with Crippen molar-refractivity contribution in [3.8, 4) is 0 Å². The Morgan fingerprint density at radius 1 is 0.977 bits per heavy atom. The minimum atomic E-state index is -1.54. The average Bonchev–Trinajstić information content (AvgIpc) is 3.32. The summed E-state index contributed by atoms with van der Waals surface area (Å²) in [4.78, 5) is 0. The van der Waals surface area contributed by atoms with Gasteiger partial charge in [0.25, 0.3) is 0 Å². The fourth-order valence-corrected chi connectivity index (χ4v) is 10.7. The van der Waals surface area contributed by atoms with Gasteiger partial charge >= 0.3 is 0 Å². The average molecular weight is 623 g/mol. The molecule has 1 aliphatic heterocycles. The van der Waals surface area contributed by atoms with E-state index in [9.17, 15) is 35.7 Å². The van der Waals surface area contributed by atoms with Gasteiger partial charge < -0.3 is 45.2 Å². The number of ether oxygens (including phenoxy) is 2. The first-order chi connectivity index (χ1) is 20.4. The minimum Gasteiger partial charge on any atom is -0.394 e. The lowest BCUT2D eigenvalue weighted by Gasteiger charge is -2.64. The van der Waals surface area contributed by atoms with E-state index in [0.717, 1.165) is 24.8 Å². The van der Waals surface area contributed by atoms with Crippen molar-refractivity contribution in [2.45, 2.75) is 148 Å². The Balaban J connectivity index is 1.50. The fourth-order valence-electron chi connectivity index (χ4n) is 10.7. The van der Waals surface area contributed by atoms with E-state index in [4.69, 9.17) is 9.47 Å². The third-order valence-corrected chi connectivity index (χ3v) is 13.1. The lowest BCUT2D eigenvalue weighted by Crippen LogP contribution is -2.63. The summed E-state index contributed by atoms with van der Waals surface area (Å²) in [5, 5.41) is 76.5. The number of hydrogen-bond acceptors (Lipinski definition) is 9. The van der Waals surface area contributed by atoms with E-state index in [-0.39, 0.29) is 29.1 Å². The molecule has 5 rings (SSSR count). The molecule has 0 aromatic carbocycles. The first kappa shape index (κ1) is 34.5. The van der Waals surface area contributed by atoms with Crippen LogP contribution >= 0.6 is 0 Å². The molecular formula is C35H58O9. The fraction of sp³-hybridized carbons (Fsp3) is 0.886. The highest BCUT2D eigenvalue weighted by molar-refractivity contribution is 5.34. The van der Waals surface area contributed by atoms with Crippen LogP contribution in [-0.4, -0.2) is 97.0 Å². The summed E-state index contributed by atoms with van der Waals surface area (Å²) in [6.07, 6.45) is 0.305. The van der Waals surface area contributed by atoms with Crippen molar-refractivity contribution < 1.29 is 45.2 Å². The van der Waals surface area contributed by atoms with Crippen molar-refractivity contribution in [2.24, 2.45) is 39.9 Å². The Morgan fingerprint density at radius 3 is 2.30 bits per heavy atom. The standard InChI is InChI=1S/C35H58O9/c1-18(2)9-8-12-35(7,44-31-30(42)29(41)28(40)23(17-36)43-31)19-10-13-34(6)26(19)21(37)15-20-27(34)22(38)16-24-32(3,4)25(39)11-14-33(20,24)5/h9,16,19-23,25-31,36-42H,8,10-15,17H2,1-7H3/t19-,20?,21-,22+,23+,25?,26+,27?,28+,29+,30+,31-,33+,34-,35+/m0/s1. The first-order valence-corrected chi connectivity index (χ1v) is 16.8. The number of aliphatic hydroxyl groups excluding tert-OH is 7. The van der Waals surface area contributed by atoms with E-state index in [1.165, 1.54) is 5.57 Å². The molecule has 0 aromatic rings. The molecule has 4 fully saturated rings. The summed E-state index contributed by atoms with van der Waals surface area (Å²) in [6.45, 7) is 14.1. The van der Waals surface area contributed by atoms with Crippen LogP contribution in [0.5, 0.6) is 0 Å². The molecule has 15 atom stereocenters. The van der Waals surface area contributed by atoms with Gasteiger partial charge in [-0.15, -0.1) is 0 Å². The molecule has 44 heavy (non-hydrogen) atoms. The predicted molar refractivity (Wildman–Crippen MR) is 165 cm³/mol. The molecule has 0 bridgehead atoms. The van der Waals surface area contributed by atoms with Crippen LogP contribution in [0.3, 0.4) is 0 Å². The normalized spacial score (nSPS) is 49.6. The van der Waals surface area contributed by atoms with Gasteiger partial charge in [0.1, 0.15) is 24.4 Å². The molecule has 0 aromatic heterocycles. The van der Waals surface area contributed by atoms with Crippen LogP contribution in [0.15, 0.2) is 23.3 Å². The summed E-state index contributed by atoms with van der Waals surface area (Å²) in [6, 6.07) is 0. The van der Waals surface area contributed by atoms with E-state index >= 15 is 0 Å². The van der Waals surface area contributed by atoms with E-state index in [2.05, 4.69) is 33.8 Å². The molecule has 9 nitrogen and oxygen atoms in total. The Bertz CT molecular complexity index is 1120. The summed E-state index contributed by atoms with van der Waals surface area (Å²) < 4.78 is 12.5. The molecule has 3 saturated carbocycles. The van der Waals surface area contributed by atoms with Crippen LogP contribution < -0.4 is 0 Å². The maximum atomic E-state index is 12.1. The highest BCUT2D eigenvalue weighted by atomic mass is 16.7. The summed E-state index contributed by atoms with van der Waals surface area (Å²) in [5.74, 6) is -0.352. The second-order valence-electron chi connectivity index (χ2n) is 16.3. The van der Waals surface area contributed by atoms with Gasteiger partial charge in [0.2, 0.25) is 0 Å². The van der Waals surface area contributed by atoms with Crippen molar-refractivity contribution in [2.75, 3.05) is 6.61 Å². The van der Waals surface area contributed by atoms with E-state index in [1.807, 2.05) is 26.8 Å². The van der Waals surface area contributed by atoms with Crippen LogP contribution in [0.1, 0.15) is 93.4 Å². The molecule has 4 aliphatic carbocycles. The van der Waals surface area contributed by atoms with Crippen molar-refractivity contribution in [3.63, 3.8) is 0 Å². The van der Waals surface area contributed by atoms with Crippen molar-refractivity contribution in [1.82, 2.24) is 0 Å². The second kappa shape index (κ2) is 12.0. The molecule has 1 heterocycles. The highest BCUT2D eigenvalue weighted by Crippen LogP contribution is 2.70. The molecule has 0 spiro atoms. The molecule has 1 saturated heterocycles. The molecule has 0 amide bonds. The Hall–Kier alpha value is -0.880. The van der Waals surface area contributed by atoms with Crippen molar-refractivity contribution in [3.05, 3.63) is 23.3 Å². The van der Waals surface area contributed by atoms with Crippen LogP contribution in [0.4, 0.5) is 0 Å². The second-order valence-corrected chi connectivity index (χ2v) is 16.3. The number of aliphatic hydroxyl groups is 7. The van der Waals surface area contributed by atoms with Crippen LogP contribution in [0.25, 0.3) is 0 Å². The Labute approximate surface area is 263 Å². The molecule has 7 N–H and O–H groups in total. The van der Waals surface area contributed by atoms with E-state index < -0.39 is 72.1 Å². The number of hydrogen-bond donors (Lipinski definition) is 7. The predicted octanol–water partition coefficient (Wildman–Crippen LogP) is 2.83. The lowest BCUT2D eigenvalue weighted by molar-refractivity contribution is -0.335. The van der Waals surface area contributed by atoms with Crippen molar-refractivity contribution >= 4 is 0 Å². The number of allylic oxidation sites excluding steroid dienone is 2. The van der Waals surface area contributed by atoms with E-state index in [0.29, 0.717) is 25.7 Å². The van der Waals surface area contributed by atoms with Gasteiger partial charge in [-0.2, -0.15) is 0 Å². The van der Waals surface area contributed by atoms with Gasteiger partial charge in [0.15, 0.2) is 6.29 Å². The largest absolute Gasteiger partial charge is 0.394 e. The zero-order chi connectivity index (χ0) is 32.6. The topological polar surface area (TPSA) is 160 Å². The highest BCUT2D eigenvalue weighted by Gasteiger charge is 2.67. The van der Waals surface area contributed by atoms with Gasteiger partial charge in [-0.05, 0) is 100 Å². The van der Waals surface area contributed by atoms with E-state index in [1.54, 1.807) is 0 Å². The van der Waals surface area contributed by atoms with Gasteiger partial charge in [-0.3, -0.25) is 0 Å². The lowest BCUT2D eigenvalue weighted by atomic mass is 9.42. The Morgan fingerprint density at radius 2 is 1.66 bits per heavy atom. The van der Waals surface area contributed by atoms with Gasteiger partial charge in [0.05, 0.1) is 30.5 Å². The third kappa shape index (κ3) is 5.36. The quantitative estimate of drug-likeness (QED) is 0.212. The maximum Gasteiger partial charge on any atom is 0.187 e. The number of rotatable bonds is 7. The summed E-state index contributed by atoms with van der Waals surface area (Å²) >= 11 is 0. The van der Waals surface area contributed by atoms with Gasteiger partial charge in [-0.1, -0.05) is 51.0 Å². The minimum absolute atomic E-state index is 0.0579. The maximum absolute atomic E-state index is 12.1. The molecule has 252 valence electrons. The zero-order valence-electron chi connectivity index (χ0n) is 27.7. The molecule has 9 heteroatoms. The monoisotopic (exact) mass is 622 g/mol. The molecular weight excluding hydrogens is 564 g/mol. The van der Waals surface area contributed by atoms with Crippen molar-refractivity contribution in [1.29, 1.82) is 0 Å². The molecule has 0 radical (unpaired) electrons. The SMILES string of the molecule is CC(C)=CCC[C@@](C)(O[C@@H]1O[C@H](CO)[C@@H](O)[C@@H](O)[C@H]1O)[C@H]1CC[C@]2(C)C3C(C[C@H](O)[C@@H]12)[C@@]1(C)CCC(O)C(C)(C)C1=C[C@H]3O. The molecule has 5 aliphatic rings.